The van der Waals surface area contributed by atoms with Gasteiger partial charge in [-0.1, -0.05) is 37.3 Å². The van der Waals surface area contributed by atoms with Gasteiger partial charge in [0.15, 0.2) is 0 Å². The highest BCUT2D eigenvalue weighted by Crippen LogP contribution is 2.28. The molecule has 1 heteroatoms. The number of hydrogen-bond acceptors (Lipinski definition) is 0. The lowest BCUT2D eigenvalue weighted by molar-refractivity contribution is 0.398. The summed E-state index contributed by atoms with van der Waals surface area (Å²) in [5.41, 5.74) is 4.25. The number of aryl methyl sites for hydroxylation is 1. The summed E-state index contributed by atoms with van der Waals surface area (Å²) in [6, 6.07) is 10.6. The molecule has 0 bridgehead atoms. The molecule has 0 saturated carbocycles. The van der Waals surface area contributed by atoms with E-state index in [1.54, 1.807) is 0 Å². The Morgan fingerprint density at radius 1 is 1.00 bits per heavy atom. The highest BCUT2D eigenvalue weighted by Gasteiger charge is 2.15. The summed E-state index contributed by atoms with van der Waals surface area (Å²) in [5.74, 6) is 0. The van der Waals surface area contributed by atoms with E-state index in [0.29, 0.717) is 0 Å². The summed E-state index contributed by atoms with van der Waals surface area (Å²) in [5, 5.41) is 0. The van der Waals surface area contributed by atoms with Crippen molar-refractivity contribution in [2.24, 2.45) is 0 Å². The van der Waals surface area contributed by atoms with Crippen LogP contribution in [-0.4, -0.2) is 4.57 Å². The van der Waals surface area contributed by atoms with Crippen LogP contribution in [0.4, 0.5) is 0 Å². The van der Waals surface area contributed by atoms with Crippen LogP contribution in [0.15, 0.2) is 42.7 Å². The van der Waals surface area contributed by atoms with Crippen molar-refractivity contribution in [2.45, 2.75) is 39.7 Å². The lowest BCUT2D eigenvalue weighted by Gasteiger charge is -2.20. The molecule has 0 N–H and O–H groups in total. The first-order valence-corrected chi connectivity index (χ1v) is 6.29. The van der Waals surface area contributed by atoms with E-state index in [2.05, 4.69) is 75.0 Å². The van der Waals surface area contributed by atoms with Gasteiger partial charge >= 0.3 is 0 Å². The number of hydrogen-bond donors (Lipinski definition) is 0. The molecule has 2 aromatic rings. The summed E-state index contributed by atoms with van der Waals surface area (Å²) in [6.45, 7) is 8.93. The maximum absolute atomic E-state index is 2.31. The van der Waals surface area contributed by atoms with Gasteiger partial charge in [0.1, 0.15) is 0 Å². The first kappa shape index (κ1) is 12.0. The van der Waals surface area contributed by atoms with Gasteiger partial charge in [-0.15, -0.1) is 0 Å². The number of benzene rings is 1. The molecule has 0 unspecified atom stereocenters. The Balaban J connectivity index is 2.51. The van der Waals surface area contributed by atoms with Gasteiger partial charge in [-0.05, 0) is 38.3 Å². The maximum atomic E-state index is 2.31. The fraction of sp³-hybridized carbons (Fsp3) is 0.375. The summed E-state index contributed by atoms with van der Waals surface area (Å²) < 4.78 is 2.31. The SMILES string of the molecule is CCc1cn(C(C)(C)C)cc1-c1ccccc1. The van der Waals surface area contributed by atoms with E-state index < -0.39 is 0 Å². The summed E-state index contributed by atoms with van der Waals surface area (Å²) in [6.07, 6.45) is 5.63. The zero-order valence-corrected chi connectivity index (χ0v) is 11.2. The van der Waals surface area contributed by atoms with Gasteiger partial charge in [0.2, 0.25) is 0 Å². The number of nitrogens with zero attached hydrogens (tertiary/aromatic N) is 1. The van der Waals surface area contributed by atoms with Crippen LogP contribution in [0.2, 0.25) is 0 Å². The van der Waals surface area contributed by atoms with Gasteiger partial charge in [0.05, 0.1) is 0 Å². The zero-order valence-electron chi connectivity index (χ0n) is 11.2. The molecule has 0 fully saturated rings. The molecule has 1 heterocycles. The van der Waals surface area contributed by atoms with Crippen molar-refractivity contribution < 1.29 is 0 Å². The third-order valence-corrected chi connectivity index (χ3v) is 3.15. The maximum Gasteiger partial charge on any atom is 0.0356 e. The Hall–Kier alpha value is -1.50. The van der Waals surface area contributed by atoms with Crippen molar-refractivity contribution in [3.05, 3.63) is 48.3 Å². The molecule has 0 saturated heterocycles. The van der Waals surface area contributed by atoms with Crippen LogP contribution in [-0.2, 0) is 12.0 Å². The van der Waals surface area contributed by atoms with E-state index in [1.165, 1.54) is 16.7 Å². The molecular formula is C16H21N. The number of aromatic nitrogens is 1. The minimum absolute atomic E-state index is 0.150. The Morgan fingerprint density at radius 2 is 1.65 bits per heavy atom. The predicted molar refractivity (Wildman–Crippen MR) is 74.2 cm³/mol. The van der Waals surface area contributed by atoms with Crippen molar-refractivity contribution in [2.75, 3.05) is 0 Å². The molecule has 1 nitrogen and oxygen atoms in total. The molecule has 0 spiro atoms. The first-order chi connectivity index (χ1) is 8.02. The quantitative estimate of drug-likeness (QED) is 0.713. The van der Waals surface area contributed by atoms with E-state index in [4.69, 9.17) is 0 Å². The monoisotopic (exact) mass is 227 g/mol. The lowest BCUT2D eigenvalue weighted by atomic mass is 10.0. The first-order valence-electron chi connectivity index (χ1n) is 6.29. The van der Waals surface area contributed by atoms with E-state index in [1.807, 2.05) is 0 Å². The molecule has 2 rings (SSSR count). The van der Waals surface area contributed by atoms with E-state index in [9.17, 15) is 0 Å². The zero-order chi connectivity index (χ0) is 12.5. The van der Waals surface area contributed by atoms with Crippen molar-refractivity contribution in [1.82, 2.24) is 4.57 Å². The Labute approximate surface area is 104 Å². The molecule has 90 valence electrons. The van der Waals surface area contributed by atoms with Gasteiger partial charge in [0.25, 0.3) is 0 Å². The topological polar surface area (TPSA) is 4.93 Å². The molecule has 0 amide bonds. The average molecular weight is 227 g/mol. The average Bonchev–Trinajstić information content (AvgIpc) is 2.73. The van der Waals surface area contributed by atoms with Crippen LogP contribution in [0, 0.1) is 0 Å². The van der Waals surface area contributed by atoms with Crippen molar-refractivity contribution >= 4 is 0 Å². The second-order valence-corrected chi connectivity index (χ2v) is 5.49. The molecule has 17 heavy (non-hydrogen) atoms. The summed E-state index contributed by atoms with van der Waals surface area (Å²) in [7, 11) is 0. The summed E-state index contributed by atoms with van der Waals surface area (Å²) >= 11 is 0. The van der Waals surface area contributed by atoms with Gasteiger partial charge in [-0.25, -0.2) is 0 Å². The smallest absolute Gasteiger partial charge is 0.0356 e. The van der Waals surface area contributed by atoms with Crippen LogP contribution in [0.1, 0.15) is 33.3 Å². The van der Waals surface area contributed by atoms with Gasteiger partial charge in [-0.2, -0.15) is 0 Å². The molecule has 1 aromatic heterocycles. The van der Waals surface area contributed by atoms with Crippen molar-refractivity contribution in [3.8, 4) is 11.1 Å². The Kier molecular flexibility index (Phi) is 3.10. The number of rotatable bonds is 2. The van der Waals surface area contributed by atoms with Crippen LogP contribution in [0.3, 0.4) is 0 Å². The summed E-state index contributed by atoms with van der Waals surface area (Å²) in [4.78, 5) is 0. The largest absolute Gasteiger partial charge is 0.348 e. The van der Waals surface area contributed by atoms with Crippen LogP contribution in [0.25, 0.3) is 11.1 Å². The van der Waals surface area contributed by atoms with E-state index >= 15 is 0 Å². The highest BCUT2D eigenvalue weighted by atomic mass is 15.0. The van der Waals surface area contributed by atoms with E-state index in [0.717, 1.165) is 6.42 Å². The fourth-order valence-corrected chi connectivity index (χ4v) is 2.04. The second-order valence-electron chi connectivity index (χ2n) is 5.49. The van der Waals surface area contributed by atoms with Crippen molar-refractivity contribution in [3.63, 3.8) is 0 Å². The lowest BCUT2D eigenvalue weighted by Crippen LogP contribution is -2.19. The Bertz CT molecular complexity index is 486. The molecule has 0 atom stereocenters. The highest BCUT2D eigenvalue weighted by molar-refractivity contribution is 5.66. The van der Waals surface area contributed by atoms with Gasteiger partial charge in [-0.3, -0.25) is 0 Å². The second kappa shape index (κ2) is 4.40. The molecule has 0 aliphatic heterocycles. The minimum atomic E-state index is 0.150. The molecule has 0 aliphatic carbocycles. The standard InChI is InChI=1S/C16H21N/c1-5-13-11-17(16(2,3)4)12-15(13)14-9-7-6-8-10-14/h6-12H,5H2,1-4H3. The fourth-order valence-electron chi connectivity index (χ4n) is 2.04. The predicted octanol–water partition coefficient (Wildman–Crippen LogP) is 4.47. The van der Waals surface area contributed by atoms with Crippen LogP contribution in [0.5, 0.6) is 0 Å². The normalized spacial score (nSPS) is 11.8. The third kappa shape index (κ3) is 2.44. The van der Waals surface area contributed by atoms with Gasteiger partial charge < -0.3 is 4.57 Å². The Morgan fingerprint density at radius 3 is 2.18 bits per heavy atom. The van der Waals surface area contributed by atoms with Gasteiger partial charge in [0, 0.05) is 23.5 Å². The third-order valence-electron chi connectivity index (χ3n) is 3.15. The van der Waals surface area contributed by atoms with Crippen LogP contribution < -0.4 is 0 Å². The minimum Gasteiger partial charge on any atom is -0.348 e. The molecule has 0 radical (unpaired) electrons. The van der Waals surface area contributed by atoms with Crippen LogP contribution >= 0.6 is 0 Å². The molecular weight excluding hydrogens is 206 g/mol. The van der Waals surface area contributed by atoms with E-state index in [-0.39, 0.29) is 5.54 Å². The molecule has 0 aliphatic rings. The molecule has 1 aromatic carbocycles. The van der Waals surface area contributed by atoms with Crippen molar-refractivity contribution in [1.29, 1.82) is 0 Å².